The standard InChI is InChI=1S/C29H27F5N2O4/c1-17(2)24(26(37)29(32,33)34)35-28(39)25(19-11-7-4-8-12-19)36-27(38)23(13-18-9-5-3-6-10-18)40-22-15-20(30)14-21(31)16-22/h3-12,14-17,23-25H,13H2,1-2H3,(H,35,39)(H,36,38)/t23?,24-,25-/m0/s1. The van der Waals surface area contributed by atoms with Gasteiger partial charge in [-0.1, -0.05) is 74.5 Å². The summed E-state index contributed by atoms with van der Waals surface area (Å²) in [6.45, 7) is 2.68. The van der Waals surface area contributed by atoms with Crippen LogP contribution in [-0.4, -0.2) is 35.9 Å². The summed E-state index contributed by atoms with van der Waals surface area (Å²) in [6.07, 6.45) is -6.67. The number of ketones is 1. The van der Waals surface area contributed by atoms with Gasteiger partial charge < -0.3 is 15.4 Å². The molecule has 3 aromatic carbocycles. The zero-order chi connectivity index (χ0) is 29.4. The van der Waals surface area contributed by atoms with Crippen LogP contribution in [0.3, 0.4) is 0 Å². The third-order valence-electron chi connectivity index (χ3n) is 5.88. The van der Waals surface area contributed by atoms with Gasteiger partial charge in [0.25, 0.3) is 11.7 Å². The predicted octanol–water partition coefficient (Wildman–Crippen LogP) is 5.08. The van der Waals surface area contributed by atoms with E-state index >= 15 is 0 Å². The summed E-state index contributed by atoms with van der Waals surface area (Å²) in [5.74, 6) is -7.17. The van der Waals surface area contributed by atoms with Crippen molar-refractivity contribution < 1.29 is 41.1 Å². The molecule has 2 amide bonds. The smallest absolute Gasteiger partial charge is 0.452 e. The van der Waals surface area contributed by atoms with Crippen LogP contribution in [0.5, 0.6) is 5.75 Å². The normalized spacial score (nSPS) is 13.7. The molecule has 6 nitrogen and oxygen atoms in total. The maximum absolute atomic E-state index is 13.8. The number of rotatable bonds is 11. The van der Waals surface area contributed by atoms with Crippen LogP contribution >= 0.6 is 0 Å². The van der Waals surface area contributed by atoms with E-state index < -0.39 is 59.5 Å². The molecule has 0 heterocycles. The fraction of sp³-hybridized carbons (Fsp3) is 0.276. The first-order valence-electron chi connectivity index (χ1n) is 12.3. The molecule has 0 fully saturated rings. The highest BCUT2D eigenvalue weighted by molar-refractivity contribution is 5.96. The fourth-order valence-electron chi connectivity index (χ4n) is 3.91. The van der Waals surface area contributed by atoms with Gasteiger partial charge in [-0.2, -0.15) is 13.2 Å². The number of amides is 2. The van der Waals surface area contributed by atoms with Crippen LogP contribution in [0.1, 0.15) is 31.0 Å². The van der Waals surface area contributed by atoms with Crippen molar-refractivity contribution in [1.82, 2.24) is 10.6 Å². The molecule has 11 heteroatoms. The fourth-order valence-corrected chi connectivity index (χ4v) is 3.91. The quantitative estimate of drug-likeness (QED) is 0.319. The van der Waals surface area contributed by atoms with Gasteiger partial charge in [0.05, 0.1) is 6.04 Å². The molecule has 3 rings (SSSR count). The van der Waals surface area contributed by atoms with E-state index in [4.69, 9.17) is 4.74 Å². The predicted molar refractivity (Wildman–Crippen MR) is 136 cm³/mol. The van der Waals surface area contributed by atoms with Gasteiger partial charge in [-0.25, -0.2) is 8.78 Å². The van der Waals surface area contributed by atoms with E-state index in [1.807, 2.05) is 0 Å². The van der Waals surface area contributed by atoms with E-state index in [2.05, 4.69) is 10.6 Å². The minimum absolute atomic E-state index is 0.0743. The van der Waals surface area contributed by atoms with Crippen molar-refractivity contribution in [1.29, 1.82) is 0 Å². The molecule has 0 radical (unpaired) electrons. The molecule has 3 aromatic rings. The molecule has 0 bridgehead atoms. The molecular formula is C29H27F5N2O4. The van der Waals surface area contributed by atoms with Gasteiger partial charge in [-0.15, -0.1) is 0 Å². The molecule has 0 saturated heterocycles. The van der Waals surface area contributed by atoms with Gasteiger partial charge in [0.1, 0.15) is 23.4 Å². The first-order chi connectivity index (χ1) is 18.8. The van der Waals surface area contributed by atoms with Crippen LogP contribution in [0.15, 0.2) is 78.9 Å². The second-order valence-electron chi connectivity index (χ2n) is 9.35. The number of benzene rings is 3. The third-order valence-corrected chi connectivity index (χ3v) is 5.88. The van der Waals surface area contributed by atoms with Gasteiger partial charge in [0.15, 0.2) is 6.10 Å². The van der Waals surface area contributed by atoms with Crippen LogP contribution in [0, 0.1) is 17.6 Å². The zero-order valence-electron chi connectivity index (χ0n) is 21.5. The Kier molecular flexibility index (Phi) is 9.98. The first kappa shape index (κ1) is 30.3. The summed E-state index contributed by atoms with van der Waals surface area (Å²) >= 11 is 0. The molecule has 0 saturated carbocycles. The highest BCUT2D eigenvalue weighted by Crippen LogP contribution is 2.23. The molecule has 1 unspecified atom stereocenters. The van der Waals surface area contributed by atoms with Gasteiger partial charge in [0, 0.05) is 24.6 Å². The van der Waals surface area contributed by atoms with Crippen LogP contribution in [0.4, 0.5) is 22.0 Å². The number of hydrogen-bond donors (Lipinski definition) is 2. The molecule has 0 spiro atoms. The third kappa shape index (κ3) is 8.36. The molecule has 212 valence electrons. The number of Topliss-reactive ketones (excluding diaryl/α,β-unsaturated/α-hetero) is 1. The largest absolute Gasteiger partial charge is 0.480 e. The van der Waals surface area contributed by atoms with E-state index in [9.17, 15) is 36.3 Å². The Balaban J connectivity index is 1.92. The van der Waals surface area contributed by atoms with Crippen molar-refractivity contribution in [3.8, 4) is 5.75 Å². The number of hydrogen-bond acceptors (Lipinski definition) is 4. The Morgan fingerprint density at radius 1 is 0.800 bits per heavy atom. The first-order valence-corrected chi connectivity index (χ1v) is 12.3. The summed E-state index contributed by atoms with van der Waals surface area (Å²) < 4.78 is 72.8. The lowest BCUT2D eigenvalue weighted by molar-refractivity contribution is -0.175. The Labute approximate surface area is 227 Å². The van der Waals surface area contributed by atoms with Crippen molar-refractivity contribution >= 4 is 17.6 Å². The number of nitrogens with one attached hydrogen (secondary N) is 2. The molecule has 0 aliphatic rings. The Morgan fingerprint density at radius 3 is 1.88 bits per heavy atom. The van der Waals surface area contributed by atoms with Crippen molar-refractivity contribution in [3.05, 3.63) is 102 Å². The Hall–Kier alpha value is -4.28. The topological polar surface area (TPSA) is 84.5 Å². The molecule has 40 heavy (non-hydrogen) atoms. The lowest BCUT2D eigenvalue weighted by atomic mass is 9.97. The van der Waals surface area contributed by atoms with Crippen molar-refractivity contribution in [2.45, 2.75) is 44.6 Å². The molecular weight excluding hydrogens is 535 g/mol. The SMILES string of the molecule is CC(C)[C@H](NC(=O)[C@@H](NC(=O)C(Cc1ccccc1)Oc1cc(F)cc(F)c1)c1ccccc1)C(=O)C(F)(F)F. The molecule has 0 aromatic heterocycles. The van der Waals surface area contributed by atoms with E-state index in [0.29, 0.717) is 11.6 Å². The molecule has 0 aliphatic heterocycles. The average Bonchev–Trinajstić information content (AvgIpc) is 2.89. The van der Waals surface area contributed by atoms with Crippen LogP contribution < -0.4 is 15.4 Å². The number of halogens is 5. The molecule has 2 N–H and O–H groups in total. The minimum atomic E-state index is -5.19. The lowest BCUT2D eigenvalue weighted by Crippen LogP contribution is -2.53. The lowest BCUT2D eigenvalue weighted by Gasteiger charge is -2.27. The summed E-state index contributed by atoms with van der Waals surface area (Å²) in [4.78, 5) is 38.7. The van der Waals surface area contributed by atoms with E-state index in [-0.39, 0.29) is 17.7 Å². The monoisotopic (exact) mass is 562 g/mol. The van der Waals surface area contributed by atoms with Crippen molar-refractivity contribution in [2.75, 3.05) is 0 Å². The van der Waals surface area contributed by atoms with Crippen LogP contribution in [-0.2, 0) is 20.8 Å². The van der Waals surface area contributed by atoms with Crippen LogP contribution in [0.2, 0.25) is 0 Å². The number of carbonyl (C=O) groups excluding carboxylic acids is 3. The summed E-state index contributed by atoms with van der Waals surface area (Å²) in [5.41, 5.74) is 0.835. The van der Waals surface area contributed by atoms with Gasteiger partial charge in [0.2, 0.25) is 5.91 Å². The highest BCUT2D eigenvalue weighted by Gasteiger charge is 2.45. The van der Waals surface area contributed by atoms with Crippen molar-refractivity contribution in [3.63, 3.8) is 0 Å². The summed E-state index contributed by atoms with van der Waals surface area (Å²) in [5, 5.41) is 4.59. The number of carbonyl (C=O) groups is 3. The average molecular weight is 563 g/mol. The van der Waals surface area contributed by atoms with E-state index in [1.165, 1.54) is 26.0 Å². The summed E-state index contributed by atoms with van der Waals surface area (Å²) in [7, 11) is 0. The maximum atomic E-state index is 13.8. The maximum Gasteiger partial charge on any atom is 0.452 e. The Bertz CT molecular complexity index is 1300. The molecule has 3 atom stereocenters. The molecule has 0 aliphatic carbocycles. The van der Waals surface area contributed by atoms with Gasteiger partial charge in [-0.05, 0) is 17.0 Å². The minimum Gasteiger partial charge on any atom is -0.480 e. The Morgan fingerprint density at radius 2 is 1.35 bits per heavy atom. The second kappa shape index (κ2) is 13.2. The summed E-state index contributed by atoms with van der Waals surface area (Å²) in [6, 6.07) is 15.2. The highest BCUT2D eigenvalue weighted by atomic mass is 19.4. The second-order valence-corrected chi connectivity index (χ2v) is 9.35. The zero-order valence-corrected chi connectivity index (χ0v) is 21.5. The number of alkyl halides is 3. The van der Waals surface area contributed by atoms with Gasteiger partial charge >= 0.3 is 6.18 Å². The number of ether oxygens (including phenoxy) is 1. The van der Waals surface area contributed by atoms with Gasteiger partial charge in [-0.3, -0.25) is 14.4 Å². The van der Waals surface area contributed by atoms with E-state index in [0.717, 1.165) is 12.1 Å². The van der Waals surface area contributed by atoms with E-state index in [1.54, 1.807) is 48.5 Å². The van der Waals surface area contributed by atoms with Crippen LogP contribution in [0.25, 0.3) is 0 Å². The van der Waals surface area contributed by atoms with Crippen molar-refractivity contribution in [2.24, 2.45) is 5.92 Å².